The zero-order chi connectivity index (χ0) is 15.2. The highest BCUT2D eigenvalue weighted by Crippen LogP contribution is 2.31. The third kappa shape index (κ3) is 3.78. The van der Waals surface area contributed by atoms with Crippen LogP contribution in [0.1, 0.15) is 23.2 Å². The molecule has 1 aliphatic rings. The number of carbonyl (C=O) groups is 1. The van der Waals surface area contributed by atoms with Crippen LogP contribution in [0.4, 0.5) is 5.69 Å². The van der Waals surface area contributed by atoms with Crippen molar-refractivity contribution in [3.8, 4) is 11.5 Å². The SMILES string of the molecule is COc1cc(OC)c(N)c(C(=O)NCC2CCCOC2)c1. The first-order valence-electron chi connectivity index (χ1n) is 7.03. The summed E-state index contributed by atoms with van der Waals surface area (Å²) in [5, 5.41) is 2.90. The molecule has 116 valence electrons. The minimum absolute atomic E-state index is 0.227. The number of anilines is 1. The van der Waals surface area contributed by atoms with Crippen LogP contribution in [0.15, 0.2) is 12.1 Å². The Hall–Kier alpha value is -1.95. The number of hydrogen-bond donors (Lipinski definition) is 2. The second-order valence-electron chi connectivity index (χ2n) is 5.08. The molecule has 0 radical (unpaired) electrons. The highest BCUT2D eigenvalue weighted by Gasteiger charge is 2.19. The number of nitrogen functional groups attached to an aromatic ring is 1. The third-order valence-electron chi connectivity index (χ3n) is 3.62. The largest absolute Gasteiger partial charge is 0.497 e. The Labute approximate surface area is 124 Å². The fourth-order valence-electron chi connectivity index (χ4n) is 2.38. The number of amides is 1. The normalized spacial score (nSPS) is 18.1. The van der Waals surface area contributed by atoms with Crippen molar-refractivity contribution in [3.63, 3.8) is 0 Å². The Morgan fingerprint density at radius 2 is 2.24 bits per heavy atom. The molecule has 1 fully saturated rings. The Morgan fingerprint density at radius 1 is 1.43 bits per heavy atom. The molecule has 21 heavy (non-hydrogen) atoms. The molecule has 0 spiro atoms. The minimum Gasteiger partial charge on any atom is -0.497 e. The van der Waals surface area contributed by atoms with Crippen LogP contribution in [0.5, 0.6) is 11.5 Å². The van der Waals surface area contributed by atoms with Crippen molar-refractivity contribution in [2.45, 2.75) is 12.8 Å². The zero-order valence-electron chi connectivity index (χ0n) is 12.5. The Bertz CT molecular complexity index is 499. The van der Waals surface area contributed by atoms with Crippen LogP contribution in [0.2, 0.25) is 0 Å². The van der Waals surface area contributed by atoms with Gasteiger partial charge in [-0.2, -0.15) is 0 Å². The highest BCUT2D eigenvalue weighted by atomic mass is 16.5. The lowest BCUT2D eigenvalue weighted by Gasteiger charge is -2.22. The van der Waals surface area contributed by atoms with Gasteiger partial charge in [-0.05, 0) is 24.8 Å². The molecule has 1 aromatic rings. The quantitative estimate of drug-likeness (QED) is 0.803. The predicted molar refractivity (Wildman–Crippen MR) is 79.8 cm³/mol. The first-order chi connectivity index (χ1) is 10.2. The van der Waals surface area contributed by atoms with Crippen molar-refractivity contribution >= 4 is 11.6 Å². The summed E-state index contributed by atoms with van der Waals surface area (Å²) in [6.45, 7) is 2.08. The van der Waals surface area contributed by atoms with Crippen molar-refractivity contribution < 1.29 is 19.0 Å². The lowest BCUT2D eigenvalue weighted by atomic mass is 10.0. The number of nitrogens with two attached hydrogens (primary N) is 1. The summed E-state index contributed by atoms with van der Waals surface area (Å²) >= 11 is 0. The van der Waals surface area contributed by atoms with Gasteiger partial charge >= 0.3 is 0 Å². The monoisotopic (exact) mass is 294 g/mol. The number of rotatable bonds is 5. The van der Waals surface area contributed by atoms with E-state index in [4.69, 9.17) is 19.9 Å². The molecule has 1 amide bonds. The van der Waals surface area contributed by atoms with Crippen LogP contribution in [-0.2, 0) is 4.74 Å². The topological polar surface area (TPSA) is 82.8 Å². The minimum atomic E-state index is -0.227. The van der Waals surface area contributed by atoms with Crippen molar-refractivity contribution in [3.05, 3.63) is 17.7 Å². The fourth-order valence-corrected chi connectivity index (χ4v) is 2.38. The zero-order valence-corrected chi connectivity index (χ0v) is 12.5. The average molecular weight is 294 g/mol. The van der Waals surface area contributed by atoms with Gasteiger partial charge in [0.2, 0.25) is 0 Å². The maximum absolute atomic E-state index is 12.3. The molecule has 0 aromatic heterocycles. The van der Waals surface area contributed by atoms with E-state index in [-0.39, 0.29) is 5.91 Å². The summed E-state index contributed by atoms with van der Waals surface area (Å²) in [5.74, 6) is 1.10. The fraction of sp³-hybridized carbons (Fsp3) is 0.533. The summed E-state index contributed by atoms with van der Waals surface area (Å²) in [5.41, 5.74) is 6.64. The smallest absolute Gasteiger partial charge is 0.253 e. The van der Waals surface area contributed by atoms with E-state index in [1.807, 2.05) is 0 Å². The molecule has 1 saturated heterocycles. The second kappa shape index (κ2) is 7.17. The summed E-state index contributed by atoms with van der Waals surface area (Å²) in [6, 6.07) is 3.27. The summed E-state index contributed by atoms with van der Waals surface area (Å²) in [4.78, 5) is 12.3. The first kappa shape index (κ1) is 15.4. The molecule has 0 bridgehead atoms. The van der Waals surface area contributed by atoms with Gasteiger partial charge in [-0.25, -0.2) is 0 Å². The van der Waals surface area contributed by atoms with E-state index in [9.17, 15) is 4.79 Å². The maximum Gasteiger partial charge on any atom is 0.253 e. The molecule has 1 heterocycles. The van der Waals surface area contributed by atoms with Gasteiger partial charge in [0.15, 0.2) is 0 Å². The number of carbonyl (C=O) groups excluding carboxylic acids is 1. The van der Waals surface area contributed by atoms with Crippen molar-refractivity contribution in [2.24, 2.45) is 5.92 Å². The van der Waals surface area contributed by atoms with E-state index in [0.29, 0.717) is 41.8 Å². The van der Waals surface area contributed by atoms with Gasteiger partial charge in [-0.3, -0.25) is 4.79 Å². The lowest BCUT2D eigenvalue weighted by Crippen LogP contribution is -2.33. The molecular formula is C15H22N2O4. The average Bonchev–Trinajstić information content (AvgIpc) is 2.53. The number of benzene rings is 1. The molecule has 0 aliphatic carbocycles. The van der Waals surface area contributed by atoms with Crippen LogP contribution < -0.4 is 20.5 Å². The van der Waals surface area contributed by atoms with Crippen LogP contribution >= 0.6 is 0 Å². The molecule has 1 aliphatic heterocycles. The van der Waals surface area contributed by atoms with Crippen LogP contribution in [0.25, 0.3) is 0 Å². The molecule has 3 N–H and O–H groups in total. The van der Waals surface area contributed by atoms with Gasteiger partial charge in [0.05, 0.1) is 32.1 Å². The van der Waals surface area contributed by atoms with E-state index in [0.717, 1.165) is 19.4 Å². The highest BCUT2D eigenvalue weighted by molar-refractivity contribution is 6.00. The van der Waals surface area contributed by atoms with E-state index >= 15 is 0 Å². The molecule has 0 saturated carbocycles. The molecule has 2 rings (SSSR count). The second-order valence-corrected chi connectivity index (χ2v) is 5.08. The molecule has 6 heteroatoms. The Kier molecular flexibility index (Phi) is 5.27. The van der Waals surface area contributed by atoms with Crippen LogP contribution in [0.3, 0.4) is 0 Å². The first-order valence-corrected chi connectivity index (χ1v) is 7.03. The van der Waals surface area contributed by atoms with Gasteiger partial charge in [0, 0.05) is 19.2 Å². The van der Waals surface area contributed by atoms with E-state index in [2.05, 4.69) is 5.32 Å². The van der Waals surface area contributed by atoms with Crippen molar-refractivity contribution in [2.75, 3.05) is 39.7 Å². The Morgan fingerprint density at radius 3 is 2.86 bits per heavy atom. The van der Waals surface area contributed by atoms with Gasteiger partial charge in [-0.15, -0.1) is 0 Å². The number of methoxy groups -OCH3 is 2. The number of hydrogen-bond acceptors (Lipinski definition) is 5. The standard InChI is InChI=1S/C15H22N2O4/c1-19-11-6-12(14(16)13(7-11)20-2)15(18)17-8-10-4-3-5-21-9-10/h6-7,10H,3-5,8-9,16H2,1-2H3,(H,17,18). The third-order valence-corrected chi connectivity index (χ3v) is 3.62. The van der Waals surface area contributed by atoms with Crippen LogP contribution in [-0.4, -0.2) is 39.9 Å². The molecular weight excluding hydrogens is 272 g/mol. The van der Waals surface area contributed by atoms with E-state index in [1.165, 1.54) is 14.2 Å². The summed E-state index contributed by atoms with van der Waals surface area (Å²) in [6.07, 6.45) is 2.10. The van der Waals surface area contributed by atoms with Gasteiger partial charge in [-0.1, -0.05) is 0 Å². The van der Waals surface area contributed by atoms with Crippen molar-refractivity contribution in [1.82, 2.24) is 5.32 Å². The molecule has 1 atom stereocenters. The van der Waals surface area contributed by atoms with Crippen LogP contribution in [0, 0.1) is 5.92 Å². The maximum atomic E-state index is 12.3. The number of nitrogens with one attached hydrogen (secondary N) is 1. The molecule has 1 aromatic carbocycles. The molecule has 1 unspecified atom stereocenters. The summed E-state index contributed by atoms with van der Waals surface area (Å²) in [7, 11) is 3.04. The van der Waals surface area contributed by atoms with Gasteiger partial charge in [0.25, 0.3) is 5.91 Å². The van der Waals surface area contributed by atoms with Gasteiger partial charge < -0.3 is 25.3 Å². The molecule has 6 nitrogen and oxygen atoms in total. The van der Waals surface area contributed by atoms with Crippen molar-refractivity contribution in [1.29, 1.82) is 0 Å². The predicted octanol–water partition coefficient (Wildman–Crippen LogP) is 1.44. The lowest BCUT2D eigenvalue weighted by molar-refractivity contribution is 0.0536. The van der Waals surface area contributed by atoms with E-state index in [1.54, 1.807) is 12.1 Å². The van der Waals surface area contributed by atoms with Gasteiger partial charge in [0.1, 0.15) is 11.5 Å². The summed E-state index contributed by atoms with van der Waals surface area (Å²) < 4.78 is 15.7. The Balaban J connectivity index is 2.07. The van der Waals surface area contributed by atoms with E-state index < -0.39 is 0 Å². The number of ether oxygens (including phenoxy) is 3.